The maximum Gasteiger partial charge on any atom is 0.573 e. The summed E-state index contributed by atoms with van der Waals surface area (Å²) < 4.78 is 40.1. The molecule has 6 heteroatoms. The molecule has 0 aromatic heterocycles. The van der Waals surface area contributed by atoms with Crippen LogP contribution in [0.15, 0.2) is 24.3 Å². The number of piperidine rings is 1. The van der Waals surface area contributed by atoms with Crippen LogP contribution in [0.2, 0.25) is 0 Å². The van der Waals surface area contributed by atoms with Gasteiger partial charge in [-0.25, -0.2) is 0 Å². The minimum atomic E-state index is -4.63. The van der Waals surface area contributed by atoms with E-state index in [1.807, 2.05) is 27.7 Å². The van der Waals surface area contributed by atoms with E-state index in [9.17, 15) is 13.2 Å². The Hall–Kier alpha value is -1.43. The third kappa shape index (κ3) is 5.58. The van der Waals surface area contributed by atoms with E-state index in [1.54, 1.807) is 12.1 Å². The highest BCUT2D eigenvalue weighted by atomic mass is 19.4. The molecular weight excluding hydrogens is 317 g/mol. The quantitative estimate of drug-likeness (QED) is 0.830. The summed E-state index contributed by atoms with van der Waals surface area (Å²) in [5.41, 5.74) is 1.37. The van der Waals surface area contributed by atoms with Crippen molar-refractivity contribution in [3.8, 4) is 5.75 Å². The SMILES string of the molecule is CC.CC.FC(F)(F)Oc1ccc(N2CC3(CCNCC3)C2)cc1. The molecule has 0 aliphatic carbocycles. The second kappa shape index (κ2) is 9.16. The van der Waals surface area contributed by atoms with Gasteiger partial charge in [0.15, 0.2) is 0 Å². The zero-order valence-electron chi connectivity index (χ0n) is 15.0. The summed E-state index contributed by atoms with van der Waals surface area (Å²) in [4.78, 5) is 2.21. The highest BCUT2D eigenvalue weighted by Gasteiger charge is 2.43. The van der Waals surface area contributed by atoms with Gasteiger partial charge >= 0.3 is 6.36 Å². The van der Waals surface area contributed by atoms with Crippen LogP contribution < -0.4 is 15.0 Å². The maximum absolute atomic E-state index is 12.1. The van der Waals surface area contributed by atoms with E-state index in [-0.39, 0.29) is 5.75 Å². The molecule has 2 saturated heterocycles. The molecule has 2 aliphatic rings. The van der Waals surface area contributed by atoms with Crippen LogP contribution >= 0.6 is 0 Å². The zero-order valence-corrected chi connectivity index (χ0v) is 15.0. The first kappa shape index (κ1) is 20.6. The van der Waals surface area contributed by atoms with Gasteiger partial charge in [-0.2, -0.15) is 0 Å². The monoisotopic (exact) mass is 346 g/mol. The van der Waals surface area contributed by atoms with E-state index in [0.717, 1.165) is 31.9 Å². The van der Waals surface area contributed by atoms with Gasteiger partial charge in [-0.1, -0.05) is 27.7 Å². The minimum absolute atomic E-state index is 0.168. The van der Waals surface area contributed by atoms with Crippen LogP contribution in [0.5, 0.6) is 5.75 Å². The van der Waals surface area contributed by atoms with Crippen molar-refractivity contribution in [1.29, 1.82) is 0 Å². The number of nitrogens with one attached hydrogen (secondary N) is 1. The fourth-order valence-electron chi connectivity index (χ4n) is 3.08. The summed E-state index contributed by atoms with van der Waals surface area (Å²) in [6, 6.07) is 6.12. The van der Waals surface area contributed by atoms with Crippen molar-refractivity contribution in [2.45, 2.75) is 46.9 Å². The predicted molar refractivity (Wildman–Crippen MR) is 92.6 cm³/mol. The topological polar surface area (TPSA) is 24.5 Å². The van der Waals surface area contributed by atoms with Gasteiger partial charge in [0.1, 0.15) is 5.75 Å². The largest absolute Gasteiger partial charge is 0.573 e. The molecule has 2 fully saturated rings. The van der Waals surface area contributed by atoms with E-state index in [0.29, 0.717) is 5.41 Å². The van der Waals surface area contributed by atoms with Crippen molar-refractivity contribution in [3.05, 3.63) is 24.3 Å². The number of rotatable bonds is 2. The fourth-order valence-corrected chi connectivity index (χ4v) is 3.08. The number of hydrogen-bond donors (Lipinski definition) is 1. The molecule has 0 radical (unpaired) electrons. The molecule has 3 rings (SSSR count). The molecule has 3 nitrogen and oxygen atoms in total. The van der Waals surface area contributed by atoms with Gasteiger partial charge in [0.25, 0.3) is 0 Å². The molecule has 0 bridgehead atoms. The first-order valence-electron chi connectivity index (χ1n) is 8.77. The van der Waals surface area contributed by atoms with Gasteiger partial charge in [0.05, 0.1) is 0 Å². The zero-order chi connectivity index (χ0) is 18.2. The molecule has 24 heavy (non-hydrogen) atoms. The fraction of sp³-hybridized carbons (Fsp3) is 0.667. The van der Waals surface area contributed by atoms with E-state index in [2.05, 4.69) is 15.0 Å². The van der Waals surface area contributed by atoms with E-state index >= 15 is 0 Å². The number of alkyl halides is 3. The molecule has 2 heterocycles. The Morgan fingerprint density at radius 2 is 1.46 bits per heavy atom. The number of nitrogens with zero attached hydrogens (tertiary/aromatic N) is 1. The molecule has 1 aromatic rings. The van der Waals surface area contributed by atoms with Crippen LogP contribution in [-0.4, -0.2) is 32.5 Å². The average molecular weight is 346 g/mol. The molecule has 1 aromatic carbocycles. The molecule has 1 spiro atoms. The first-order valence-corrected chi connectivity index (χ1v) is 8.77. The highest BCUT2D eigenvalue weighted by Crippen LogP contribution is 2.41. The van der Waals surface area contributed by atoms with Gasteiger partial charge in [0, 0.05) is 24.2 Å². The smallest absolute Gasteiger partial charge is 0.406 e. The van der Waals surface area contributed by atoms with E-state index < -0.39 is 6.36 Å². The Morgan fingerprint density at radius 3 is 1.92 bits per heavy atom. The first-order chi connectivity index (χ1) is 11.5. The van der Waals surface area contributed by atoms with E-state index in [4.69, 9.17) is 0 Å². The minimum Gasteiger partial charge on any atom is -0.406 e. The van der Waals surface area contributed by atoms with Crippen LogP contribution in [0, 0.1) is 5.41 Å². The van der Waals surface area contributed by atoms with E-state index in [1.165, 1.54) is 25.0 Å². The Labute approximate surface area is 143 Å². The number of ether oxygens (including phenoxy) is 1. The Bertz CT molecular complexity index is 460. The van der Waals surface area contributed by atoms with Crippen molar-refractivity contribution in [1.82, 2.24) is 5.32 Å². The van der Waals surface area contributed by atoms with Crippen molar-refractivity contribution in [3.63, 3.8) is 0 Å². The third-order valence-corrected chi connectivity index (χ3v) is 4.15. The van der Waals surface area contributed by atoms with Gasteiger partial charge in [0.2, 0.25) is 0 Å². The normalized spacial score (nSPS) is 18.5. The lowest BCUT2D eigenvalue weighted by Crippen LogP contribution is -2.60. The number of halogens is 3. The lowest BCUT2D eigenvalue weighted by molar-refractivity contribution is -0.274. The molecular formula is C18H29F3N2O. The van der Waals surface area contributed by atoms with Gasteiger partial charge in [-0.3, -0.25) is 0 Å². The lowest BCUT2D eigenvalue weighted by Gasteiger charge is -2.53. The van der Waals surface area contributed by atoms with Crippen molar-refractivity contribution < 1.29 is 17.9 Å². The molecule has 0 unspecified atom stereocenters. The van der Waals surface area contributed by atoms with Crippen LogP contribution in [-0.2, 0) is 0 Å². The molecule has 2 aliphatic heterocycles. The molecule has 138 valence electrons. The summed E-state index contributed by atoms with van der Waals surface area (Å²) in [7, 11) is 0. The highest BCUT2D eigenvalue weighted by molar-refractivity contribution is 5.52. The number of benzene rings is 1. The number of anilines is 1. The lowest BCUT2D eigenvalue weighted by atomic mass is 9.72. The van der Waals surface area contributed by atoms with Gasteiger partial charge in [-0.05, 0) is 50.2 Å². The van der Waals surface area contributed by atoms with Crippen LogP contribution in [0.1, 0.15) is 40.5 Å². The predicted octanol–water partition coefficient (Wildman–Crippen LogP) is 4.83. The van der Waals surface area contributed by atoms with Crippen molar-refractivity contribution >= 4 is 5.69 Å². The standard InChI is InChI=1S/C14H17F3N2O.2C2H6/c15-14(16,17)20-12-3-1-11(2-4-12)19-9-13(10-19)5-7-18-8-6-13;2*1-2/h1-4,18H,5-10H2;2*1-2H3. The summed E-state index contributed by atoms with van der Waals surface area (Å²) in [6.45, 7) is 12.1. The summed E-state index contributed by atoms with van der Waals surface area (Å²) in [5.74, 6) is -0.168. The molecule has 0 saturated carbocycles. The summed E-state index contributed by atoms with van der Waals surface area (Å²) in [6.07, 6.45) is -2.27. The summed E-state index contributed by atoms with van der Waals surface area (Å²) >= 11 is 0. The van der Waals surface area contributed by atoms with Gasteiger partial charge in [-0.15, -0.1) is 13.2 Å². The molecule has 1 N–H and O–H groups in total. The average Bonchev–Trinajstić information content (AvgIpc) is 2.56. The van der Waals surface area contributed by atoms with Crippen LogP contribution in [0.25, 0.3) is 0 Å². The third-order valence-electron chi connectivity index (χ3n) is 4.15. The Balaban J connectivity index is 0.000000671. The molecule has 0 atom stereocenters. The Morgan fingerprint density at radius 1 is 0.958 bits per heavy atom. The number of hydrogen-bond acceptors (Lipinski definition) is 3. The van der Waals surface area contributed by atoms with Crippen LogP contribution in [0.3, 0.4) is 0 Å². The summed E-state index contributed by atoms with van der Waals surface area (Å²) in [5, 5.41) is 3.35. The van der Waals surface area contributed by atoms with Gasteiger partial charge < -0.3 is 15.0 Å². The van der Waals surface area contributed by atoms with Crippen LogP contribution in [0.4, 0.5) is 18.9 Å². The molecule has 0 amide bonds. The maximum atomic E-state index is 12.1. The Kier molecular flexibility index (Phi) is 7.87. The van der Waals surface area contributed by atoms with Crippen molar-refractivity contribution in [2.75, 3.05) is 31.1 Å². The van der Waals surface area contributed by atoms with Crippen molar-refractivity contribution in [2.24, 2.45) is 5.41 Å². The second-order valence-corrected chi connectivity index (χ2v) is 5.65. The second-order valence-electron chi connectivity index (χ2n) is 5.65.